The Labute approximate surface area is 325 Å². The Morgan fingerprint density at radius 1 is 0.857 bits per heavy atom. The molecule has 2 atom stereocenters. The molecular formula is C40H50N8O8. The number of imidazole rings is 2. The second-order valence-corrected chi connectivity index (χ2v) is 13.3. The molecular weight excluding hydrogens is 720 g/mol. The van der Waals surface area contributed by atoms with Gasteiger partial charge in [0.25, 0.3) is 0 Å². The molecule has 1 saturated heterocycles. The molecule has 0 spiro atoms. The number of fused-ring (bicyclic) bond motifs is 2. The first-order valence-electron chi connectivity index (χ1n) is 18.4. The van der Waals surface area contributed by atoms with E-state index in [-0.39, 0.29) is 31.0 Å². The molecule has 56 heavy (non-hydrogen) atoms. The lowest BCUT2D eigenvalue weighted by Gasteiger charge is -2.27. The first-order valence-corrected chi connectivity index (χ1v) is 18.4. The van der Waals surface area contributed by atoms with Crippen LogP contribution in [0.1, 0.15) is 43.4 Å². The summed E-state index contributed by atoms with van der Waals surface area (Å²) in [5.41, 5.74) is 5.76. The van der Waals surface area contributed by atoms with E-state index in [1.54, 1.807) is 19.1 Å². The molecule has 0 bridgehead atoms. The third-order valence-corrected chi connectivity index (χ3v) is 9.31. The first-order chi connectivity index (χ1) is 27.2. The predicted octanol–water partition coefficient (Wildman–Crippen LogP) is 4.87. The Kier molecular flexibility index (Phi) is 14.8. The van der Waals surface area contributed by atoms with Crippen LogP contribution in [-0.2, 0) is 35.0 Å². The number of amides is 4. The smallest absolute Gasteiger partial charge is 0.407 e. The Bertz CT molecular complexity index is 2110. The van der Waals surface area contributed by atoms with Crippen molar-refractivity contribution in [2.75, 3.05) is 61.8 Å². The highest BCUT2D eigenvalue weighted by Gasteiger charge is 2.36. The number of methoxy groups -OCH3 is 4. The zero-order valence-electron chi connectivity index (χ0n) is 32.4. The van der Waals surface area contributed by atoms with E-state index in [4.69, 9.17) is 14.5 Å². The van der Waals surface area contributed by atoms with Crippen LogP contribution in [0.15, 0.2) is 60.8 Å². The number of alkyl carbamates (subject to hydrolysis) is 2. The van der Waals surface area contributed by atoms with Crippen LogP contribution in [0.5, 0.6) is 0 Å². The zero-order chi connectivity index (χ0) is 40.0. The minimum Gasteiger partial charge on any atom is -0.453 e. The van der Waals surface area contributed by atoms with Gasteiger partial charge in [-0.05, 0) is 71.8 Å². The molecule has 0 aliphatic carbocycles. The summed E-state index contributed by atoms with van der Waals surface area (Å²) in [6.45, 7) is 0.976. The van der Waals surface area contributed by atoms with Crippen LogP contribution in [0, 0.1) is 0 Å². The number of unbranched alkanes of at least 4 members (excludes halogenated alkanes) is 1. The molecule has 2 unspecified atom stereocenters. The number of benzene rings is 3. The average molecular weight is 771 g/mol. The molecule has 2 aromatic heterocycles. The number of H-pyrrole nitrogens is 2. The summed E-state index contributed by atoms with van der Waals surface area (Å²) in [5.74, 6) is 1.09. The van der Waals surface area contributed by atoms with Crippen molar-refractivity contribution in [1.29, 1.82) is 0 Å². The van der Waals surface area contributed by atoms with Gasteiger partial charge in [-0.3, -0.25) is 9.59 Å². The number of aromatic amines is 2. The van der Waals surface area contributed by atoms with Crippen LogP contribution in [0.25, 0.3) is 44.2 Å². The highest BCUT2D eigenvalue weighted by Crippen LogP contribution is 2.34. The van der Waals surface area contributed by atoms with Gasteiger partial charge in [-0.15, -0.1) is 0 Å². The normalized spacial score (nSPS) is 14.2. The number of aromatic nitrogens is 4. The van der Waals surface area contributed by atoms with Crippen molar-refractivity contribution in [3.63, 3.8) is 0 Å². The fourth-order valence-corrected chi connectivity index (χ4v) is 6.59. The molecule has 5 aromatic rings. The van der Waals surface area contributed by atoms with Crippen LogP contribution in [0.2, 0.25) is 0 Å². The maximum Gasteiger partial charge on any atom is 0.407 e. The lowest BCUT2D eigenvalue weighted by Crippen LogP contribution is -2.50. The fourth-order valence-electron chi connectivity index (χ4n) is 6.59. The molecule has 1 aliphatic rings. The third-order valence-electron chi connectivity index (χ3n) is 9.31. The molecule has 0 saturated carbocycles. The van der Waals surface area contributed by atoms with Gasteiger partial charge in [-0.1, -0.05) is 30.3 Å². The number of hydrogen-bond acceptors (Lipinski definition) is 10. The molecule has 0 radical (unpaired) electrons. The Hall–Kier alpha value is -6.00. The van der Waals surface area contributed by atoms with Gasteiger partial charge >= 0.3 is 12.2 Å². The molecule has 6 rings (SSSR count). The highest BCUT2D eigenvalue weighted by atomic mass is 16.5. The Balaban J connectivity index is 0.00000194. The third kappa shape index (κ3) is 10.6. The second kappa shape index (κ2) is 20.1. The minimum atomic E-state index is -0.861. The number of likely N-dealkylation sites (tertiary alicyclic amines) is 1. The van der Waals surface area contributed by atoms with Gasteiger partial charge in [-0.2, -0.15) is 0 Å². The average Bonchev–Trinajstić information content (AvgIpc) is 3.99. The van der Waals surface area contributed by atoms with E-state index < -0.39 is 18.2 Å². The number of carbonyl (C=O) groups excluding carboxylic acids is 4. The molecule has 4 amide bonds. The molecule has 1 fully saturated rings. The highest BCUT2D eigenvalue weighted by molar-refractivity contribution is 5.92. The van der Waals surface area contributed by atoms with E-state index in [9.17, 15) is 19.2 Å². The number of nitrogens with one attached hydrogen (secondary N) is 5. The maximum atomic E-state index is 13.5. The minimum absolute atomic E-state index is 0.0322. The number of rotatable bonds is 14. The fraction of sp³-hybridized carbons (Fsp3) is 0.400. The Morgan fingerprint density at radius 2 is 1.55 bits per heavy atom. The molecule has 1 aliphatic heterocycles. The molecule has 5 N–H and O–H groups in total. The molecule has 3 heterocycles. The molecule has 3 aromatic carbocycles. The van der Waals surface area contributed by atoms with Crippen LogP contribution in [-0.4, -0.2) is 117 Å². The van der Waals surface area contributed by atoms with Crippen molar-refractivity contribution >= 4 is 45.8 Å². The molecule has 298 valence electrons. The summed E-state index contributed by atoms with van der Waals surface area (Å²) in [7, 11) is 7.24. The van der Waals surface area contributed by atoms with Crippen molar-refractivity contribution in [2.45, 2.75) is 44.2 Å². The SMILES string of the molecule is COC.COCC(NC(=O)OC)C(=O)N1CCCC1c1nc2ccc(-c3ccc4cc(-c5cnc(CCCCNC(=O)CNC(=O)OC)[nH]5)ccc4c3)cc2[nH]1. The van der Waals surface area contributed by atoms with Crippen molar-refractivity contribution in [3.05, 3.63) is 72.4 Å². The Morgan fingerprint density at radius 3 is 2.29 bits per heavy atom. The van der Waals surface area contributed by atoms with Crippen LogP contribution in [0.4, 0.5) is 9.59 Å². The summed E-state index contributed by atoms with van der Waals surface area (Å²) in [4.78, 5) is 66.2. The standard InChI is InChI=1S/C38H44N8O7.C2H6O/c1-51-22-31(45-38(50)53-3)36(48)46-16-6-7-32(46)35-43-28-14-13-26(19-29(28)44-35)24-9-10-25-18-27(12-11-23(25)17-24)30-20-40-33(42-30)8-4-5-15-39-34(47)21-41-37(49)52-2;1-3-2/h9-14,17-20,31-32H,4-8,15-16,21-22H2,1-3H3,(H,39,47)(H,40,42)(H,41,49)(H,43,44)(H,45,50);1-2H3. The quantitative estimate of drug-likeness (QED) is 0.0971. The number of hydrogen-bond donors (Lipinski definition) is 5. The zero-order valence-corrected chi connectivity index (χ0v) is 32.4. The van der Waals surface area contributed by atoms with Gasteiger partial charge in [0.15, 0.2) is 0 Å². The topological polar surface area (TPSA) is 202 Å². The summed E-state index contributed by atoms with van der Waals surface area (Å²) in [6, 6.07) is 17.7. The summed E-state index contributed by atoms with van der Waals surface area (Å²) in [5, 5.41) is 9.91. The lowest BCUT2D eigenvalue weighted by molar-refractivity contribution is -0.135. The van der Waals surface area contributed by atoms with Crippen molar-refractivity contribution in [2.24, 2.45) is 0 Å². The summed E-state index contributed by atoms with van der Waals surface area (Å²) >= 11 is 0. The van der Waals surface area contributed by atoms with Crippen molar-refractivity contribution in [3.8, 4) is 22.4 Å². The van der Waals surface area contributed by atoms with Gasteiger partial charge < -0.3 is 49.8 Å². The monoisotopic (exact) mass is 770 g/mol. The van der Waals surface area contributed by atoms with Gasteiger partial charge in [-0.25, -0.2) is 19.6 Å². The van der Waals surface area contributed by atoms with E-state index in [1.807, 2.05) is 12.3 Å². The van der Waals surface area contributed by atoms with Crippen LogP contribution < -0.4 is 16.0 Å². The number of aryl methyl sites for hydroxylation is 1. The number of carbonyl (C=O) groups is 4. The molecule has 16 nitrogen and oxygen atoms in total. The van der Waals surface area contributed by atoms with Gasteiger partial charge in [0, 0.05) is 46.4 Å². The van der Waals surface area contributed by atoms with E-state index >= 15 is 0 Å². The summed E-state index contributed by atoms with van der Waals surface area (Å²) in [6.07, 6.45) is 4.46. The van der Waals surface area contributed by atoms with Crippen molar-refractivity contribution in [1.82, 2.24) is 40.8 Å². The maximum absolute atomic E-state index is 13.5. The van der Waals surface area contributed by atoms with Crippen LogP contribution >= 0.6 is 0 Å². The lowest BCUT2D eigenvalue weighted by atomic mass is 9.99. The second-order valence-electron chi connectivity index (χ2n) is 13.3. The van der Waals surface area contributed by atoms with E-state index in [0.29, 0.717) is 18.9 Å². The number of ether oxygens (including phenoxy) is 4. The van der Waals surface area contributed by atoms with Crippen molar-refractivity contribution < 1.29 is 38.1 Å². The van der Waals surface area contributed by atoms with Gasteiger partial charge in [0.1, 0.15) is 17.7 Å². The number of nitrogens with zero attached hydrogens (tertiary/aromatic N) is 3. The predicted molar refractivity (Wildman–Crippen MR) is 211 cm³/mol. The van der Waals surface area contributed by atoms with Gasteiger partial charge in [0.05, 0.1) is 56.3 Å². The van der Waals surface area contributed by atoms with Crippen LogP contribution in [0.3, 0.4) is 0 Å². The molecule has 16 heteroatoms. The van der Waals surface area contributed by atoms with Gasteiger partial charge in [0.2, 0.25) is 11.8 Å². The summed E-state index contributed by atoms with van der Waals surface area (Å²) < 4.78 is 18.6. The first kappa shape index (κ1) is 41.2. The van der Waals surface area contributed by atoms with E-state index in [0.717, 1.165) is 82.1 Å². The largest absolute Gasteiger partial charge is 0.453 e. The van der Waals surface area contributed by atoms with E-state index in [1.165, 1.54) is 21.3 Å². The van der Waals surface area contributed by atoms with E-state index in [2.05, 4.69) is 88.9 Å².